The highest BCUT2D eigenvalue weighted by Crippen LogP contribution is 2.26. The molecule has 0 spiro atoms. The second-order valence-electron chi connectivity index (χ2n) is 8.10. The fraction of sp³-hybridized carbons (Fsp3) is 0.444. The lowest BCUT2D eigenvalue weighted by atomic mass is 10.3. The largest absolute Gasteiger partial charge is 0.351 e. The summed E-state index contributed by atoms with van der Waals surface area (Å²) in [7, 11) is 0. The van der Waals surface area contributed by atoms with Crippen LogP contribution in [0.25, 0.3) is 21.1 Å². The molecule has 1 aliphatic heterocycles. The van der Waals surface area contributed by atoms with E-state index in [1.54, 1.807) is 84.9 Å². The van der Waals surface area contributed by atoms with Crippen molar-refractivity contribution in [2.24, 2.45) is 0 Å². The molecule has 356 valence electrons. The zero-order valence-corrected chi connectivity index (χ0v) is 39.7. The SMILES string of the molecule is C.C.C.C.CC.CC.CC.CC.CC.CC.CC.c1c[nH]cn1.c1c[nH]cn1.c1cc2[nH]ncc2s1.c1cn[nH]c1.c1cn[nH]c1.c1n[nH]c2c1CSC2.c1n[nH]c2cscc12. The number of imidazole rings is 2. The van der Waals surface area contributed by atoms with E-state index in [0.29, 0.717) is 0 Å². The van der Waals surface area contributed by atoms with Gasteiger partial charge in [0.05, 0.1) is 47.0 Å². The van der Waals surface area contributed by atoms with Crippen LogP contribution < -0.4 is 0 Å². The van der Waals surface area contributed by atoms with Crippen molar-refractivity contribution in [2.45, 2.75) is 138 Å². The molecule has 0 saturated heterocycles. The van der Waals surface area contributed by atoms with Crippen LogP contribution in [0.5, 0.6) is 0 Å². The number of fused-ring (bicyclic) bond motifs is 3. The number of thiophene rings is 2. The summed E-state index contributed by atoms with van der Waals surface area (Å²) in [6.07, 6.45) is 22.7. The van der Waals surface area contributed by atoms with Gasteiger partial charge in [-0.15, -0.1) is 22.7 Å². The van der Waals surface area contributed by atoms with Gasteiger partial charge < -0.3 is 9.97 Å². The highest BCUT2D eigenvalue weighted by molar-refractivity contribution is 7.98. The van der Waals surface area contributed by atoms with Crippen molar-refractivity contribution in [3.63, 3.8) is 0 Å². The van der Waals surface area contributed by atoms with E-state index in [4.69, 9.17) is 0 Å². The summed E-state index contributed by atoms with van der Waals surface area (Å²) < 4.78 is 1.23. The minimum absolute atomic E-state index is 0. The van der Waals surface area contributed by atoms with Gasteiger partial charge in [0, 0.05) is 88.5 Å². The molecule has 0 unspecified atom stereocenters. The monoisotopic (exact) mass is 921 g/mol. The third-order valence-electron chi connectivity index (χ3n) is 5.08. The van der Waals surface area contributed by atoms with Crippen LogP contribution in [0.4, 0.5) is 0 Å². The van der Waals surface area contributed by atoms with E-state index < -0.39 is 0 Å². The molecular formula is C45H88N14S3. The molecule has 62 heavy (non-hydrogen) atoms. The van der Waals surface area contributed by atoms with Crippen LogP contribution in [0.1, 0.15) is 138 Å². The first-order chi connectivity index (χ1) is 28.9. The van der Waals surface area contributed by atoms with E-state index in [-0.39, 0.29) is 29.7 Å². The second-order valence-corrected chi connectivity index (χ2v) is 10.8. The van der Waals surface area contributed by atoms with Crippen molar-refractivity contribution in [3.8, 4) is 0 Å². The van der Waals surface area contributed by atoms with Crippen LogP contribution in [0.15, 0.2) is 115 Å². The van der Waals surface area contributed by atoms with Gasteiger partial charge in [-0.1, -0.05) is 127 Å². The molecule has 0 fully saturated rings. The van der Waals surface area contributed by atoms with E-state index in [2.05, 4.69) is 76.3 Å². The third-order valence-corrected chi connectivity index (χ3v) is 7.70. The fourth-order valence-electron chi connectivity index (χ4n) is 3.05. The first kappa shape index (κ1) is 74.2. The van der Waals surface area contributed by atoms with Gasteiger partial charge in [0.1, 0.15) is 0 Å². The van der Waals surface area contributed by atoms with Crippen LogP contribution in [0, 0.1) is 0 Å². The molecule has 0 amide bonds. The van der Waals surface area contributed by atoms with E-state index in [0.717, 1.165) is 22.5 Å². The summed E-state index contributed by atoms with van der Waals surface area (Å²) in [6, 6.07) is 5.69. The number of nitrogens with one attached hydrogen (secondary N) is 7. The molecule has 14 nitrogen and oxygen atoms in total. The Bertz CT molecular complexity index is 1460. The maximum absolute atomic E-state index is 3.91. The molecular weight excluding hydrogens is 833 g/mol. The van der Waals surface area contributed by atoms with Crippen molar-refractivity contribution < 1.29 is 0 Å². The number of thioether (sulfide) groups is 1. The Kier molecular flexibility index (Phi) is 77.6. The molecule has 1 aliphatic rings. The van der Waals surface area contributed by atoms with Crippen molar-refractivity contribution in [2.75, 3.05) is 0 Å². The molecule has 0 atom stereocenters. The molecule has 10 rings (SSSR count). The first-order valence-corrected chi connectivity index (χ1v) is 22.9. The minimum Gasteiger partial charge on any atom is -0.351 e. The molecule has 10 heterocycles. The van der Waals surface area contributed by atoms with Gasteiger partial charge in [-0.3, -0.25) is 25.5 Å². The molecule has 17 heteroatoms. The number of aromatic nitrogens is 14. The number of hydrogen-bond acceptors (Lipinski definition) is 10. The molecule has 7 N–H and O–H groups in total. The summed E-state index contributed by atoms with van der Waals surface area (Å²) in [6.45, 7) is 28.0. The summed E-state index contributed by atoms with van der Waals surface area (Å²) in [5.41, 5.74) is 4.97. The number of hydrogen-bond donors (Lipinski definition) is 7. The highest BCUT2D eigenvalue weighted by Gasteiger charge is 2.11. The van der Waals surface area contributed by atoms with Gasteiger partial charge in [-0.25, -0.2) is 9.97 Å². The van der Waals surface area contributed by atoms with Gasteiger partial charge in [0.25, 0.3) is 0 Å². The first-order valence-electron chi connectivity index (χ1n) is 19.9. The van der Waals surface area contributed by atoms with Crippen LogP contribution in [0.2, 0.25) is 0 Å². The molecule has 9 aromatic heterocycles. The Labute approximate surface area is 389 Å². The molecule has 0 aromatic carbocycles. The zero-order valence-electron chi connectivity index (χ0n) is 37.2. The summed E-state index contributed by atoms with van der Waals surface area (Å²) >= 11 is 5.33. The Balaban J connectivity index is -0.0000000871. The van der Waals surface area contributed by atoms with Crippen LogP contribution in [0.3, 0.4) is 0 Å². The van der Waals surface area contributed by atoms with Gasteiger partial charge in [0.15, 0.2) is 0 Å². The Morgan fingerprint density at radius 1 is 0.500 bits per heavy atom. The third kappa shape index (κ3) is 40.2. The lowest BCUT2D eigenvalue weighted by Crippen LogP contribution is -1.74. The van der Waals surface area contributed by atoms with E-state index >= 15 is 0 Å². The lowest BCUT2D eigenvalue weighted by molar-refractivity contribution is 1.04. The van der Waals surface area contributed by atoms with Gasteiger partial charge in [-0.05, 0) is 23.6 Å². The number of aromatic amines is 7. The normalized spacial score (nSPS) is 8.10. The number of H-pyrrole nitrogens is 7. The van der Waals surface area contributed by atoms with E-state index in [1.165, 1.54) is 21.3 Å². The zero-order chi connectivity index (χ0) is 44.3. The molecule has 0 bridgehead atoms. The van der Waals surface area contributed by atoms with Gasteiger partial charge in [-0.2, -0.15) is 37.3 Å². The van der Waals surface area contributed by atoms with Crippen molar-refractivity contribution in [1.82, 2.24) is 70.9 Å². The van der Waals surface area contributed by atoms with Crippen molar-refractivity contribution in [3.05, 3.63) is 126 Å². The Morgan fingerprint density at radius 3 is 1.37 bits per heavy atom. The quantitative estimate of drug-likeness (QED) is 0.0778. The number of rotatable bonds is 0. The van der Waals surface area contributed by atoms with Gasteiger partial charge >= 0.3 is 0 Å². The predicted molar refractivity (Wildman–Crippen MR) is 282 cm³/mol. The summed E-state index contributed by atoms with van der Waals surface area (Å²) in [5, 5.41) is 40.0. The average Bonchev–Trinajstić information content (AvgIpc) is 4.13. The lowest BCUT2D eigenvalue weighted by Gasteiger charge is -1.78. The van der Waals surface area contributed by atoms with E-state index in [9.17, 15) is 0 Å². The molecule has 0 saturated carbocycles. The predicted octanol–water partition coefficient (Wildman–Crippen LogP) is 15.8. The maximum Gasteiger partial charge on any atom is 0.0919 e. The Morgan fingerprint density at radius 2 is 1.00 bits per heavy atom. The van der Waals surface area contributed by atoms with Crippen LogP contribution in [-0.4, -0.2) is 70.9 Å². The van der Waals surface area contributed by atoms with Crippen LogP contribution in [-0.2, 0) is 11.5 Å². The highest BCUT2D eigenvalue weighted by atomic mass is 32.2. The standard InChI is InChI=1S/C5H6N2S.2C5H4N2S.4C3H4N2.7C2H6.4CH4/c2*1-4-2-8-3-5(4)7-6-1;1-2-8-5-3-6-7-4(1)5;2*1-2-5-3-4-1;2*1-2-4-5-3-1;7*1-2;;;;/h1H,2-3H2,(H,6,7);1-3,7H;1-3H,(H,6,7);4*1-3H,(H,4,5);7*1-2H3;4*1H4. The molecule has 0 aliphatic carbocycles. The summed E-state index contributed by atoms with van der Waals surface area (Å²) in [4.78, 5) is 12.8. The second kappa shape index (κ2) is 64.9. The smallest absolute Gasteiger partial charge is 0.0919 e. The van der Waals surface area contributed by atoms with Crippen molar-refractivity contribution in [1.29, 1.82) is 0 Å². The fourth-order valence-corrected chi connectivity index (χ4v) is 5.51. The number of nitrogens with zero attached hydrogens (tertiary/aromatic N) is 7. The van der Waals surface area contributed by atoms with E-state index in [1.807, 2.05) is 156 Å². The van der Waals surface area contributed by atoms with Crippen LogP contribution >= 0.6 is 34.4 Å². The van der Waals surface area contributed by atoms with Crippen molar-refractivity contribution >= 4 is 55.6 Å². The molecule has 0 radical (unpaired) electrons. The average molecular weight is 921 g/mol. The minimum atomic E-state index is 0. The molecule has 9 aromatic rings. The van der Waals surface area contributed by atoms with Gasteiger partial charge in [0.2, 0.25) is 0 Å². The Hall–Kier alpha value is -5.26. The topological polar surface area (TPSA) is 201 Å². The maximum atomic E-state index is 3.91. The summed E-state index contributed by atoms with van der Waals surface area (Å²) in [5.74, 6) is 2.27.